The summed E-state index contributed by atoms with van der Waals surface area (Å²) in [5.74, 6) is -0.429. The number of halogens is 4. The van der Waals surface area contributed by atoms with Crippen LogP contribution in [0.2, 0.25) is 5.02 Å². The Morgan fingerprint density at radius 3 is 2.61 bits per heavy atom. The Morgan fingerprint density at radius 1 is 1.25 bits per heavy atom. The molecule has 0 bridgehead atoms. The molecule has 3 rings (SSSR count). The zero-order chi connectivity index (χ0) is 20.1. The van der Waals surface area contributed by atoms with Gasteiger partial charge in [-0.3, -0.25) is 14.4 Å². The number of rotatable bonds is 6. The number of hydrogen-bond donors (Lipinski definition) is 1. The summed E-state index contributed by atoms with van der Waals surface area (Å²) in [5.41, 5.74) is -0.146. The maximum Gasteiger partial charge on any atom is 0.435 e. The van der Waals surface area contributed by atoms with E-state index in [9.17, 15) is 18.0 Å². The first-order valence-electron chi connectivity index (χ1n) is 8.78. The van der Waals surface area contributed by atoms with Crippen molar-refractivity contribution in [1.29, 1.82) is 0 Å². The lowest BCUT2D eigenvalue weighted by Crippen LogP contribution is -2.44. The van der Waals surface area contributed by atoms with Gasteiger partial charge in [0, 0.05) is 30.9 Å². The van der Waals surface area contributed by atoms with Gasteiger partial charge in [-0.05, 0) is 17.7 Å². The zero-order valence-corrected chi connectivity index (χ0v) is 15.7. The minimum Gasteiger partial charge on any atom is -0.379 e. The molecule has 2 heterocycles. The van der Waals surface area contributed by atoms with Crippen molar-refractivity contribution in [3.8, 4) is 0 Å². The molecule has 0 spiro atoms. The number of alkyl halides is 3. The van der Waals surface area contributed by atoms with Crippen LogP contribution in [0.3, 0.4) is 0 Å². The Bertz CT molecular complexity index is 806. The molecule has 1 aliphatic rings. The van der Waals surface area contributed by atoms with Crippen molar-refractivity contribution in [1.82, 2.24) is 20.0 Å². The quantitative estimate of drug-likeness (QED) is 0.786. The molecule has 1 amide bonds. The lowest BCUT2D eigenvalue weighted by atomic mass is 10.0. The molecule has 2 aromatic rings. The van der Waals surface area contributed by atoms with Crippen LogP contribution < -0.4 is 5.32 Å². The largest absolute Gasteiger partial charge is 0.435 e. The molecule has 28 heavy (non-hydrogen) atoms. The molecule has 1 atom stereocenters. The molecule has 6 nitrogen and oxygen atoms in total. The number of benzene rings is 1. The van der Waals surface area contributed by atoms with Gasteiger partial charge in [0.1, 0.15) is 6.54 Å². The highest BCUT2D eigenvalue weighted by molar-refractivity contribution is 6.31. The summed E-state index contributed by atoms with van der Waals surface area (Å²) in [5, 5.41) is 6.77. The number of nitrogens with one attached hydrogen (secondary N) is 1. The second kappa shape index (κ2) is 8.93. The molecule has 0 aliphatic carbocycles. The first kappa shape index (κ1) is 20.6. The highest BCUT2D eigenvalue weighted by atomic mass is 35.5. The van der Waals surface area contributed by atoms with E-state index in [0.717, 1.165) is 22.5 Å². The van der Waals surface area contributed by atoms with Crippen LogP contribution in [0, 0.1) is 0 Å². The highest BCUT2D eigenvalue weighted by Crippen LogP contribution is 2.28. The summed E-state index contributed by atoms with van der Waals surface area (Å²) in [6.07, 6.45) is -3.40. The normalized spacial score (nSPS) is 16.7. The lowest BCUT2D eigenvalue weighted by molar-refractivity contribution is -0.141. The Kier molecular flexibility index (Phi) is 6.58. The molecular formula is C18H20ClF3N4O2. The Morgan fingerprint density at radius 2 is 1.96 bits per heavy atom. The van der Waals surface area contributed by atoms with Gasteiger partial charge in [0.2, 0.25) is 5.91 Å². The molecular weight excluding hydrogens is 397 g/mol. The molecule has 1 saturated heterocycles. The van der Waals surface area contributed by atoms with Gasteiger partial charge < -0.3 is 10.1 Å². The van der Waals surface area contributed by atoms with E-state index >= 15 is 0 Å². The number of morpholine rings is 1. The van der Waals surface area contributed by atoms with Gasteiger partial charge in [0.05, 0.1) is 19.3 Å². The Balaban J connectivity index is 1.65. The molecule has 0 unspecified atom stereocenters. The SMILES string of the molecule is O=C(Cn1ccc(C(F)(F)F)n1)NC[C@@H](c1ccccc1Cl)N1CCOCC1. The maximum atomic E-state index is 12.6. The van der Waals surface area contributed by atoms with E-state index in [2.05, 4.69) is 15.3 Å². The molecule has 1 aromatic heterocycles. The highest BCUT2D eigenvalue weighted by Gasteiger charge is 2.33. The number of carbonyl (C=O) groups excluding carboxylic acids is 1. The molecule has 10 heteroatoms. The summed E-state index contributed by atoms with van der Waals surface area (Å²) in [7, 11) is 0. The first-order valence-corrected chi connectivity index (χ1v) is 9.16. The molecule has 1 fully saturated rings. The standard InChI is InChI=1S/C18H20ClF3N4O2/c19-14-4-2-1-3-13(14)15(25-7-9-28-10-8-25)11-23-17(27)12-26-6-5-16(24-26)18(20,21)22/h1-6,15H,7-12H2,(H,23,27)/t15-/m0/s1. The summed E-state index contributed by atoms with van der Waals surface area (Å²) in [4.78, 5) is 14.4. The maximum absolute atomic E-state index is 12.6. The summed E-state index contributed by atoms with van der Waals surface area (Å²) < 4.78 is 44.2. The van der Waals surface area contributed by atoms with Crippen LogP contribution in [0.25, 0.3) is 0 Å². The van der Waals surface area contributed by atoms with E-state index < -0.39 is 17.8 Å². The topological polar surface area (TPSA) is 59.4 Å². The fourth-order valence-corrected chi connectivity index (χ4v) is 3.35. The monoisotopic (exact) mass is 416 g/mol. The van der Waals surface area contributed by atoms with E-state index in [-0.39, 0.29) is 19.1 Å². The molecule has 0 saturated carbocycles. The summed E-state index contributed by atoms with van der Waals surface area (Å²) >= 11 is 6.34. The second-order valence-electron chi connectivity index (χ2n) is 6.39. The van der Waals surface area contributed by atoms with Gasteiger partial charge in [0.15, 0.2) is 5.69 Å². The molecule has 152 valence electrons. The first-order chi connectivity index (χ1) is 13.3. The summed E-state index contributed by atoms with van der Waals surface area (Å²) in [6, 6.07) is 8.07. The molecule has 1 aliphatic heterocycles. The number of carbonyl (C=O) groups is 1. The third-order valence-electron chi connectivity index (χ3n) is 4.48. The Labute approximate surface area is 165 Å². The fraction of sp³-hybridized carbons (Fsp3) is 0.444. The van der Waals surface area contributed by atoms with Crippen LogP contribution in [0.15, 0.2) is 36.5 Å². The van der Waals surface area contributed by atoms with E-state index in [0.29, 0.717) is 31.3 Å². The fourth-order valence-electron chi connectivity index (χ4n) is 3.08. The van der Waals surface area contributed by atoms with Crippen LogP contribution in [0.4, 0.5) is 13.2 Å². The van der Waals surface area contributed by atoms with Crippen LogP contribution in [0.5, 0.6) is 0 Å². The zero-order valence-electron chi connectivity index (χ0n) is 15.0. The van der Waals surface area contributed by atoms with E-state index in [1.165, 1.54) is 0 Å². The number of ether oxygens (including phenoxy) is 1. The van der Waals surface area contributed by atoms with E-state index in [4.69, 9.17) is 16.3 Å². The predicted octanol–water partition coefficient (Wildman–Crippen LogP) is 2.75. The molecule has 0 radical (unpaired) electrons. The van der Waals surface area contributed by atoms with E-state index in [1.54, 1.807) is 6.07 Å². The van der Waals surface area contributed by atoms with Crippen LogP contribution in [-0.4, -0.2) is 53.4 Å². The minimum atomic E-state index is -4.53. The average Bonchev–Trinajstić information content (AvgIpc) is 3.13. The van der Waals surface area contributed by atoms with Gasteiger partial charge in [-0.1, -0.05) is 29.8 Å². The van der Waals surface area contributed by atoms with Crippen LogP contribution in [0.1, 0.15) is 17.3 Å². The van der Waals surface area contributed by atoms with E-state index in [1.807, 2.05) is 18.2 Å². The van der Waals surface area contributed by atoms with Crippen molar-refractivity contribution in [2.75, 3.05) is 32.8 Å². The van der Waals surface area contributed by atoms with Crippen molar-refractivity contribution in [3.05, 3.63) is 52.8 Å². The van der Waals surface area contributed by atoms with Crippen molar-refractivity contribution < 1.29 is 22.7 Å². The van der Waals surface area contributed by atoms with Crippen LogP contribution >= 0.6 is 11.6 Å². The minimum absolute atomic E-state index is 0.162. The van der Waals surface area contributed by atoms with Gasteiger partial charge >= 0.3 is 6.18 Å². The van der Waals surface area contributed by atoms with Gasteiger partial charge in [-0.15, -0.1) is 0 Å². The Hall–Kier alpha value is -2.10. The number of hydrogen-bond acceptors (Lipinski definition) is 4. The smallest absolute Gasteiger partial charge is 0.379 e. The number of aromatic nitrogens is 2. The van der Waals surface area contributed by atoms with Crippen molar-refractivity contribution in [2.24, 2.45) is 0 Å². The number of amides is 1. The lowest BCUT2D eigenvalue weighted by Gasteiger charge is -2.35. The van der Waals surface area contributed by atoms with Crippen LogP contribution in [-0.2, 0) is 22.3 Å². The van der Waals surface area contributed by atoms with Crippen molar-refractivity contribution >= 4 is 17.5 Å². The van der Waals surface area contributed by atoms with Gasteiger partial charge in [-0.25, -0.2) is 0 Å². The predicted molar refractivity (Wildman–Crippen MR) is 96.8 cm³/mol. The molecule has 1 aromatic carbocycles. The third-order valence-corrected chi connectivity index (χ3v) is 4.82. The van der Waals surface area contributed by atoms with Crippen molar-refractivity contribution in [2.45, 2.75) is 18.8 Å². The van der Waals surface area contributed by atoms with Gasteiger partial charge in [0.25, 0.3) is 0 Å². The third kappa shape index (κ3) is 5.24. The average molecular weight is 417 g/mol. The second-order valence-corrected chi connectivity index (χ2v) is 6.79. The van der Waals surface area contributed by atoms with Gasteiger partial charge in [-0.2, -0.15) is 18.3 Å². The number of nitrogens with zero attached hydrogens (tertiary/aromatic N) is 3. The molecule has 1 N–H and O–H groups in total. The van der Waals surface area contributed by atoms with Crippen molar-refractivity contribution in [3.63, 3.8) is 0 Å². The summed E-state index contributed by atoms with van der Waals surface area (Å²) in [6.45, 7) is 2.54.